The van der Waals surface area contributed by atoms with E-state index in [-0.39, 0.29) is 30.5 Å². The van der Waals surface area contributed by atoms with Gasteiger partial charge in [-0.2, -0.15) is 13.2 Å². The second-order valence-electron chi connectivity index (χ2n) is 8.00. The smallest absolute Gasteiger partial charge is 0.374 e. The third kappa shape index (κ3) is 6.15. The molecule has 1 fully saturated rings. The summed E-state index contributed by atoms with van der Waals surface area (Å²) in [6.07, 6.45) is -0.859. The Morgan fingerprint density at radius 1 is 1.28 bits per heavy atom. The number of guanidine groups is 1. The van der Waals surface area contributed by atoms with Gasteiger partial charge in [-0.15, -0.1) is 24.0 Å². The number of aliphatic imine (C=N–C) groups is 1. The molecule has 2 heterocycles. The van der Waals surface area contributed by atoms with E-state index < -0.39 is 24.0 Å². The Morgan fingerprint density at radius 2 is 2.00 bits per heavy atom. The van der Waals surface area contributed by atoms with Crippen LogP contribution in [-0.4, -0.2) is 57.9 Å². The molecule has 0 bridgehead atoms. The number of nitrogens with zero attached hydrogens (tertiary/aromatic N) is 4. The Bertz CT molecular complexity index is 874. The molecule has 3 rings (SSSR count). The van der Waals surface area contributed by atoms with Gasteiger partial charge in [0.05, 0.1) is 0 Å². The maximum Gasteiger partial charge on any atom is 0.424 e. The highest BCUT2D eigenvalue weighted by Crippen LogP contribution is 2.40. The van der Waals surface area contributed by atoms with Gasteiger partial charge in [-0.3, -0.25) is 4.99 Å². The molecule has 2 unspecified atom stereocenters. The van der Waals surface area contributed by atoms with E-state index >= 15 is 0 Å². The topological polar surface area (TPSA) is 65.7 Å². The fraction of sp³-hybridized carbons (Fsp3) is 0.545. The van der Waals surface area contributed by atoms with Gasteiger partial charge in [-0.1, -0.05) is 30.3 Å². The van der Waals surface area contributed by atoms with E-state index in [1.165, 1.54) is 29.6 Å². The quantitative estimate of drug-likeness (QED) is 0.306. The lowest BCUT2D eigenvalue weighted by Gasteiger charge is -2.29. The lowest BCUT2D eigenvalue weighted by Crippen LogP contribution is -2.45. The van der Waals surface area contributed by atoms with Gasteiger partial charge < -0.3 is 19.9 Å². The molecule has 0 amide bonds. The summed E-state index contributed by atoms with van der Waals surface area (Å²) in [5.41, 5.74) is -1.77. The average Bonchev–Trinajstić information content (AvgIpc) is 3.36. The predicted octanol–water partition coefficient (Wildman–Crippen LogP) is 3.71. The van der Waals surface area contributed by atoms with Gasteiger partial charge in [-0.25, -0.2) is 4.98 Å². The van der Waals surface area contributed by atoms with Crippen molar-refractivity contribution in [2.24, 2.45) is 18.0 Å². The number of hydrogen-bond acceptors (Lipinski definition) is 3. The van der Waals surface area contributed by atoms with Crippen molar-refractivity contribution in [3.63, 3.8) is 0 Å². The molecule has 1 aliphatic rings. The highest BCUT2D eigenvalue weighted by molar-refractivity contribution is 14.0. The van der Waals surface area contributed by atoms with Crippen LogP contribution in [0.3, 0.4) is 0 Å². The fourth-order valence-corrected chi connectivity index (χ4v) is 4.03. The van der Waals surface area contributed by atoms with Gasteiger partial charge in [0.25, 0.3) is 0 Å². The van der Waals surface area contributed by atoms with E-state index in [2.05, 4.69) is 32.3 Å². The van der Waals surface area contributed by atoms with Crippen molar-refractivity contribution in [2.75, 3.05) is 26.2 Å². The van der Waals surface area contributed by atoms with Crippen molar-refractivity contribution in [1.82, 2.24) is 19.8 Å². The number of nitrogens with one attached hydrogen (secondary N) is 1. The van der Waals surface area contributed by atoms with Crippen molar-refractivity contribution < 1.29 is 18.3 Å². The van der Waals surface area contributed by atoms with E-state index in [1.54, 1.807) is 0 Å². The lowest BCUT2D eigenvalue weighted by molar-refractivity contribution is -0.272. The van der Waals surface area contributed by atoms with E-state index in [0.29, 0.717) is 18.4 Å². The Morgan fingerprint density at radius 3 is 2.59 bits per heavy atom. The van der Waals surface area contributed by atoms with Crippen LogP contribution in [0.25, 0.3) is 0 Å². The van der Waals surface area contributed by atoms with Crippen molar-refractivity contribution in [1.29, 1.82) is 0 Å². The standard InChI is InChI=1S/C22H30F3N5O.HI/c1-3-26-20(30-13-9-18(16-30)15-17-7-5-4-6-8-17)28-11-10-21(31,22(23,24)25)19-27-12-14-29(19)2;/h4-8,12,14,18,31H,3,9-11,13,15-16H2,1-2H3,(H,26,28);1H. The molecular formula is C22H31F3IN5O. The third-order valence-corrected chi connectivity index (χ3v) is 5.68. The van der Waals surface area contributed by atoms with Gasteiger partial charge in [-0.05, 0) is 31.2 Å². The summed E-state index contributed by atoms with van der Waals surface area (Å²) in [6, 6.07) is 10.3. The molecule has 32 heavy (non-hydrogen) atoms. The number of imidazole rings is 1. The van der Waals surface area contributed by atoms with Crippen LogP contribution < -0.4 is 5.32 Å². The van der Waals surface area contributed by atoms with Crippen molar-refractivity contribution >= 4 is 29.9 Å². The Hall–Kier alpha value is -1.82. The van der Waals surface area contributed by atoms with Crippen LogP contribution in [0.5, 0.6) is 0 Å². The molecule has 1 saturated heterocycles. The van der Waals surface area contributed by atoms with Gasteiger partial charge in [0.2, 0.25) is 5.60 Å². The molecule has 1 aromatic carbocycles. The minimum absolute atomic E-state index is 0. The number of alkyl halides is 3. The van der Waals surface area contributed by atoms with Gasteiger partial charge in [0.1, 0.15) is 5.82 Å². The van der Waals surface area contributed by atoms with E-state index in [0.717, 1.165) is 25.9 Å². The van der Waals surface area contributed by atoms with Gasteiger partial charge in [0, 0.05) is 52.0 Å². The molecule has 0 aliphatic carbocycles. The first-order valence-electron chi connectivity index (χ1n) is 10.6. The third-order valence-electron chi connectivity index (χ3n) is 5.68. The molecular weight excluding hydrogens is 534 g/mol. The minimum Gasteiger partial charge on any atom is -0.374 e. The zero-order valence-electron chi connectivity index (χ0n) is 18.3. The maximum atomic E-state index is 13.7. The summed E-state index contributed by atoms with van der Waals surface area (Å²) in [5, 5.41) is 13.7. The number of benzene rings is 1. The SMILES string of the molecule is CCNC(=NCCC(O)(c1nccn1C)C(F)(F)F)N1CCC(Cc2ccccc2)C1.I. The van der Waals surface area contributed by atoms with Crippen LogP contribution in [0.15, 0.2) is 47.7 Å². The molecule has 2 atom stereocenters. The minimum atomic E-state index is -4.85. The van der Waals surface area contributed by atoms with Crippen molar-refractivity contribution in [2.45, 2.75) is 38.0 Å². The number of aryl methyl sites for hydroxylation is 1. The van der Waals surface area contributed by atoms with Crippen LogP contribution in [0.2, 0.25) is 0 Å². The molecule has 1 aromatic heterocycles. The first-order valence-corrected chi connectivity index (χ1v) is 10.6. The van der Waals surface area contributed by atoms with Crippen LogP contribution in [0, 0.1) is 5.92 Å². The van der Waals surface area contributed by atoms with E-state index in [1.807, 2.05) is 25.1 Å². The maximum absolute atomic E-state index is 13.7. The molecule has 10 heteroatoms. The number of halogens is 4. The molecule has 2 N–H and O–H groups in total. The second-order valence-corrected chi connectivity index (χ2v) is 8.00. The monoisotopic (exact) mass is 565 g/mol. The van der Waals surface area contributed by atoms with E-state index in [9.17, 15) is 18.3 Å². The summed E-state index contributed by atoms with van der Waals surface area (Å²) >= 11 is 0. The van der Waals surface area contributed by atoms with Crippen molar-refractivity contribution in [3.05, 3.63) is 54.1 Å². The summed E-state index contributed by atoms with van der Waals surface area (Å²) in [5.74, 6) is 0.623. The van der Waals surface area contributed by atoms with Crippen LogP contribution in [-0.2, 0) is 19.1 Å². The normalized spacial score (nSPS) is 18.9. The summed E-state index contributed by atoms with van der Waals surface area (Å²) in [4.78, 5) is 10.2. The number of rotatable bonds is 7. The number of hydrogen-bond donors (Lipinski definition) is 2. The zero-order chi connectivity index (χ0) is 22.5. The van der Waals surface area contributed by atoms with Crippen molar-refractivity contribution in [3.8, 4) is 0 Å². The Balaban J connectivity index is 0.00000363. The number of aromatic nitrogens is 2. The molecule has 1 aliphatic heterocycles. The lowest BCUT2D eigenvalue weighted by atomic mass is 9.98. The molecule has 178 valence electrons. The van der Waals surface area contributed by atoms with Gasteiger partial charge >= 0.3 is 6.18 Å². The number of aliphatic hydroxyl groups is 1. The highest BCUT2D eigenvalue weighted by Gasteiger charge is 2.57. The highest BCUT2D eigenvalue weighted by atomic mass is 127. The molecule has 2 aromatic rings. The summed E-state index contributed by atoms with van der Waals surface area (Å²) in [6.45, 7) is 3.95. The van der Waals surface area contributed by atoms with Gasteiger partial charge in [0.15, 0.2) is 5.96 Å². The first kappa shape index (κ1) is 26.4. The zero-order valence-corrected chi connectivity index (χ0v) is 20.7. The second kappa shape index (κ2) is 11.4. The molecule has 6 nitrogen and oxygen atoms in total. The average molecular weight is 565 g/mol. The van der Waals surface area contributed by atoms with E-state index in [4.69, 9.17) is 0 Å². The fourth-order valence-electron chi connectivity index (χ4n) is 4.03. The molecule has 0 saturated carbocycles. The largest absolute Gasteiger partial charge is 0.424 e. The van der Waals surface area contributed by atoms with Crippen LogP contribution >= 0.6 is 24.0 Å². The van der Waals surface area contributed by atoms with Crippen LogP contribution in [0.1, 0.15) is 31.2 Å². The Kier molecular flexibility index (Phi) is 9.38. The van der Waals surface area contributed by atoms with Crippen LogP contribution in [0.4, 0.5) is 13.2 Å². The first-order chi connectivity index (χ1) is 14.7. The predicted molar refractivity (Wildman–Crippen MR) is 129 cm³/mol. The number of likely N-dealkylation sites (tertiary alicyclic amines) is 1. The molecule has 0 radical (unpaired) electrons. The summed E-state index contributed by atoms with van der Waals surface area (Å²) < 4.78 is 42.3. The Labute approximate surface area is 204 Å². The molecule has 0 spiro atoms. The summed E-state index contributed by atoms with van der Waals surface area (Å²) in [7, 11) is 1.43.